The van der Waals surface area contributed by atoms with Crippen LogP contribution in [0.2, 0.25) is 5.02 Å². The molecule has 0 fully saturated rings. The summed E-state index contributed by atoms with van der Waals surface area (Å²) in [6, 6.07) is 4.85. The summed E-state index contributed by atoms with van der Waals surface area (Å²) >= 11 is 5.69. The Labute approximate surface area is 86.1 Å². The molecule has 0 unspecified atom stereocenters. The first-order valence-electron chi connectivity index (χ1n) is 3.90. The van der Waals surface area contributed by atoms with Crippen LogP contribution < -0.4 is 0 Å². The van der Waals surface area contributed by atoms with E-state index >= 15 is 0 Å². The van der Waals surface area contributed by atoms with Crippen LogP contribution in [0.1, 0.15) is 5.56 Å². The Morgan fingerprint density at radius 1 is 1.57 bits per heavy atom. The molecule has 0 atom stereocenters. The van der Waals surface area contributed by atoms with E-state index in [1.54, 1.807) is 24.3 Å². The van der Waals surface area contributed by atoms with Gasteiger partial charge in [0.25, 0.3) is 0 Å². The molecule has 1 rings (SSSR count). The van der Waals surface area contributed by atoms with Crippen LogP contribution in [0.5, 0.6) is 5.75 Å². The van der Waals surface area contributed by atoms with Crippen molar-refractivity contribution in [2.24, 2.45) is 5.11 Å². The van der Waals surface area contributed by atoms with E-state index in [4.69, 9.17) is 22.2 Å². The van der Waals surface area contributed by atoms with Crippen molar-refractivity contribution in [1.82, 2.24) is 0 Å². The smallest absolute Gasteiger partial charge is 0.134 e. The Morgan fingerprint density at radius 2 is 2.36 bits per heavy atom. The Balaban J connectivity index is 2.72. The predicted octanol–water partition coefficient (Wildman–Crippen LogP) is 3.37. The summed E-state index contributed by atoms with van der Waals surface area (Å²) in [7, 11) is 0. The highest BCUT2D eigenvalue weighted by molar-refractivity contribution is 6.32. The van der Waals surface area contributed by atoms with Crippen LogP contribution >= 0.6 is 11.6 Å². The molecule has 4 nitrogen and oxygen atoms in total. The minimum Gasteiger partial charge on any atom is -0.506 e. The number of halogens is 1. The van der Waals surface area contributed by atoms with E-state index in [0.29, 0.717) is 11.6 Å². The Hall–Kier alpha value is -1.64. The van der Waals surface area contributed by atoms with Gasteiger partial charge < -0.3 is 5.11 Å². The SMILES string of the molecule is [N-]=[N+]=NCC=Cc1ccc(O)c(Cl)c1. The van der Waals surface area contributed by atoms with E-state index in [1.165, 1.54) is 6.07 Å². The van der Waals surface area contributed by atoms with Gasteiger partial charge in [-0.05, 0) is 23.2 Å². The summed E-state index contributed by atoms with van der Waals surface area (Å²) < 4.78 is 0. The first-order chi connectivity index (χ1) is 6.74. The molecule has 0 aliphatic rings. The molecule has 0 amide bonds. The van der Waals surface area contributed by atoms with Crippen molar-refractivity contribution in [1.29, 1.82) is 0 Å². The second-order valence-corrected chi connectivity index (χ2v) is 2.93. The van der Waals surface area contributed by atoms with Crippen LogP contribution in [0.25, 0.3) is 16.5 Å². The summed E-state index contributed by atoms with van der Waals surface area (Å²) in [6.45, 7) is 0.301. The van der Waals surface area contributed by atoms with Crippen LogP contribution in [0, 0.1) is 0 Å². The highest BCUT2D eigenvalue weighted by atomic mass is 35.5. The largest absolute Gasteiger partial charge is 0.506 e. The van der Waals surface area contributed by atoms with Crippen molar-refractivity contribution in [3.8, 4) is 5.75 Å². The molecule has 0 heterocycles. The highest BCUT2D eigenvalue weighted by Crippen LogP contribution is 2.23. The lowest BCUT2D eigenvalue weighted by molar-refractivity contribution is 0.475. The zero-order chi connectivity index (χ0) is 10.4. The van der Waals surface area contributed by atoms with Crippen LogP contribution in [0.4, 0.5) is 0 Å². The Kier molecular flexibility index (Phi) is 3.85. The fraction of sp³-hybridized carbons (Fsp3) is 0.111. The van der Waals surface area contributed by atoms with Crippen molar-refractivity contribution in [3.63, 3.8) is 0 Å². The van der Waals surface area contributed by atoms with E-state index in [0.717, 1.165) is 5.56 Å². The van der Waals surface area contributed by atoms with Gasteiger partial charge in [0, 0.05) is 11.5 Å². The molecule has 0 saturated carbocycles. The van der Waals surface area contributed by atoms with E-state index < -0.39 is 0 Å². The molecular formula is C9H8ClN3O. The summed E-state index contributed by atoms with van der Waals surface area (Å²) in [5, 5.41) is 12.8. The number of hydrogen-bond donors (Lipinski definition) is 1. The van der Waals surface area contributed by atoms with Gasteiger partial charge in [-0.1, -0.05) is 34.9 Å². The Morgan fingerprint density at radius 3 is 3.00 bits per heavy atom. The number of hydrogen-bond acceptors (Lipinski definition) is 2. The molecule has 0 radical (unpaired) electrons. The standard InChI is InChI=1S/C9H8ClN3O/c10-8-6-7(3-4-9(8)14)2-1-5-12-13-11/h1-4,6,14H,5H2. The minimum atomic E-state index is 0.0545. The topological polar surface area (TPSA) is 69.0 Å². The van der Waals surface area contributed by atoms with Crippen molar-refractivity contribution in [2.75, 3.05) is 6.54 Å². The number of azide groups is 1. The molecule has 0 bridgehead atoms. The third-order valence-electron chi connectivity index (χ3n) is 1.53. The maximum atomic E-state index is 9.13. The lowest BCUT2D eigenvalue weighted by atomic mass is 10.2. The second-order valence-electron chi connectivity index (χ2n) is 2.53. The fourth-order valence-corrected chi connectivity index (χ4v) is 1.09. The lowest BCUT2D eigenvalue weighted by Crippen LogP contribution is -1.74. The van der Waals surface area contributed by atoms with Crippen molar-refractivity contribution < 1.29 is 5.11 Å². The number of phenols is 1. The number of rotatable bonds is 3. The van der Waals surface area contributed by atoms with Crippen LogP contribution in [-0.4, -0.2) is 11.7 Å². The maximum Gasteiger partial charge on any atom is 0.134 e. The predicted molar refractivity (Wildman–Crippen MR) is 56.2 cm³/mol. The average molecular weight is 210 g/mol. The number of phenolic OH excluding ortho intramolecular Hbond substituents is 1. The van der Waals surface area contributed by atoms with Gasteiger partial charge in [-0.2, -0.15) is 0 Å². The zero-order valence-corrected chi connectivity index (χ0v) is 8.02. The Bertz CT molecular complexity index is 397. The lowest BCUT2D eigenvalue weighted by Gasteiger charge is -1.97. The molecule has 1 aromatic rings. The van der Waals surface area contributed by atoms with Crippen molar-refractivity contribution in [3.05, 3.63) is 45.3 Å². The van der Waals surface area contributed by atoms with Crippen LogP contribution in [-0.2, 0) is 0 Å². The number of benzene rings is 1. The van der Waals surface area contributed by atoms with Gasteiger partial charge in [0.1, 0.15) is 5.75 Å². The quantitative estimate of drug-likeness (QED) is 0.463. The summed E-state index contributed by atoms with van der Waals surface area (Å²) in [4.78, 5) is 2.61. The fourth-order valence-electron chi connectivity index (χ4n) is 0.899. The molecule has 14 heavy (non-hydrogen) atoms. The first-order valence-corrected chi connectivity index (χ1v) is 4.28. The molecule has 5 heteroatoms. The monoisotopic (exact) mass is 209 g/mol. The van der Waals surface area contributed by atoms with Gasteiger partial charge in [0.2, 0.25) is 0 Å². The zero-order valence-electron chi connectivity index (χ0n) is 7.26. The molecular weight excluding hydrogens is 202 g/mol. The second kappa shape index (κ2) is 5.17. The van der Waals surface area contributed by atoms with E-state index in [9.17, 15) is 0 Å². The number of nitrogens with zero attached hydrogens (tertiary/aromatic N) is 3. The molecule has 72 valence electrons. The van der Waals surface area contributed by atoms with Crippen LogP contribution in [0.3, 0.4) is 0 Å². The first kappa shape index (κ1) is 10.4. The molecule has 0 aliphatic heterocycles. The molecule has 0 aromatic heterocycles. The molecule has 0 aliphatic carbocycles. The third kappa shape index (κ3) is 3.01. The van der Waals surface area contributed by atoms with Crippen molar-refractivity contribution in [2.45, 2.75) is 0 Å². The minimum absolute atomic E-state index is 0.0545. The van der Waals surface area contributed by atoms with Gasteiger partial charge in [-0.3, -0.25) is 0 Å². The highest BCUT2D eigenvalue weighted by Gasteiger charge is 1.96. The normalized spacial score (nSPS) is 10.1. The molecule has 0 saturated heterocycles. The number of aromatic hydroxyl groups is 1. The average Bonchev–Trinajstić information content (AvgIpc) is 2.18. The summed E-state index contributed by atoms with van der Waals surface area (Å²) in [5.74, 6) is 0.0545. The van der Waals surface area contributed by atoms with E-state index in [2.05, 4.69) is 10.0 Å². The van der Waals surface area contributed by atoms with E-state index in [1.807, 2.05) is 0 Å². The maximum absolute atomic E-state index is 9.13. The van der Waals surface area contributed by atoms with Gasteiger partial charge in [0.05, 0.1) is 5.02 Å². The van der Waals surface area contributed by atoms with Gasteiger partial charge >= 0.3 is 0 Å². The molecule has 0 spiro atoms. The van der Waals surface area contributed by atoms with Crippen molar-refractivity contribution >= 4 is 17.7 Å². The van der Waals surface area contributed by atoms with E-state index in [-0.39, 0.29) is 5.75 Å². The molecule has 1 aromatic carbocycles. The van der Waals surface area contributed by atoms with Gasteiger partial charge in [-0.25, -0.2) is 0 Å². The van der Waals surface area contributed by atoms with Gasteiger partial charge in [0.15, 0.2) is 0 Å². The van der Waals surface area contributed by atoms with Crippen LogP contribution in [0.15, 0.2) is 29.4 Å². The summed E-state index contributed by atoms with van der Waals surface area (Å²) in [6.07, 6.45) is 3.47. The van der Waals surface area contributed by atoms with Gasteiger partial charge in [-0.15, -0.1) is 0 Å². The molecule has 1 N–H and O–H groups in total. The third-order valence-corrected chi connectivity index (χ3v) is 1.84. The summed E-state index contributed by atoms with van der Waals surface area (Å²) in [5.41, 5.74) is 8.86.